The third kappa shape index (κ3) is 3.72. The molecule has 1 aliphatic heterocycles. The second-order valence-electron chi connectivity index (χ2n) is 4.39. The first-order valence-electron chi connectivity index (χ1n) is 6.14. The van der Waals surface area contributed by atoms with Crippen LogP contribution >= 0.6 is 0 Å². The maximum atomic E-state index is 11.3. The third-order valence-corrected chi connectivity index (χ3v) is 2.88. The lowest BCUT2D eigenvalue weighted by Gasteiger charge is -2.13. The minimum atomic E-state index is -0.141. The van der Waals surface area contributed by atoms with Crippen LogP contribution in [0.1, 0.15) is 6.42 Å². The highest BCUT2D eigenvalue weighted by molar-refractivity contribution is 5.91. The van der Waals surface area contributed by atoms with Crippen molar-refractivity contribution in [1.29, 1.82) is 0 Å². The van der Waals surface area contributed by atoms with E-state index < -0.39 is 0 Å². The highest BCUT2D eigenvalue weighted by atomic mass is 16.5. The highest BCUT2D eigenvalue weighted by Crippen LogP contribution is 2.15. The van der Waals surface area contributed by atoms with Crippen molar-refractivity contribution in [2.45, 2.75) is 12.5 Å². The van der Waals surface area contributed by atoms with Crippen LogP contribution in [0.5, 0.6) is 0 Å². The fourth-order valence-electron chi connectivity index (χ4n) is 1.99. The van der Waals surface area contributed by atoms with Crippen molar-refractivity contribution in [1.82, 2.24) is 5.32 Å². The molecular formula is C13H19N3O2. The van der Waals surface area contributed by atoms with Crippen LogP contribution in [-0.2, 0) is 9.53 Å². The minimum Gasteiger partial charge on any atom is -0.381 e. The van der Waals surface area contributed by atoms with Gasteiger partial charge in [0.05, 0.1) is 0 Å². The van der Waals surface area contributed by atoms with E-state index in [0.29, 0.717) is 6.04 Å². The maximum absolute atomic E-state index is 11.3. The van der Waals surface area contributed by atoms with Crippen LogP contribution in [0, 0.1) is 0 Å². The standard InChI is InChI=1S/C13H19N3O2/c1-18-9-13(17)16-11-4-2-10(3-5-11)15-12-6-7-14-8-12/h2-5,12,14-15H,6-9H2,1H3,(H,16,17). The molecule has 0 bridgehead atoms. The second-order valence-corrected chi connectivity index (χ2v) is 4.39. The number of rotatable bonds is 5. The number of carbonyl (C=O) groups is 1. The lowest BCUT2D eigenvalue weighted by atomic mass is 10.2. The van der Waals surface area contributed by atoms with Crippen LogP contribution in [-0.4, -0.2) is 38.8 Å². The van der Waals surface area contributed by atoms with Gasteiger partial charge in [-0.2, -0.15) is 0 Å². The number of methoxy groups -OCH3 is 1. The van der Waals surface area contributed by atoms with Crippen molar-refractivity contribution < 1.29 is 9.53 Å². The monoisotopic (exact) mass is 249 g/mol. The molecule has 5 heteroatoms. The average molecular weight is 249 g/mol. The van der Waals surface area contributed by atoms with Crippen LogP contribution in [0.25, 0.3) is 0 Å². The predicted molar refractivity (Wildman–Crippen MR) is 71.8 cm³/mol. The van der Waals surface area contributed by atoms with Gasteiger partial charge in [-0.1, -0.05) is 0 Å². The maximum Gasteiger partial charge on any atom is 0.250 e. The lowest BCUT2D eigenvalue weighted by molar-refractivity contribution is -0.119. The molecule has 0 spiro atoms. The van der Waals surface area contributed by atoms with E-state index in [2.05, 4.69) is 16.0 Å². The average Bonchev–Trinajstić information content (AvgIpc) is 2.85. The van der Waals surface area contributed by atoms with Crippen molar-refractivity contribution >= 4 is 17.3 Å². The molecule has 1 aromatic rings. The van der Waals surface area contributed by atoms with Gasteiger partial charge in [0.15, 0.2) is 0 Å². The summed E-state index contributed by atoms with van der Waals surface area (Å²) < 4.78 is 4.76. The number of hydrogen-bond donors (Lipinski definition) is 3. The summed E-state index contributed by atoms with van der Waals surface area (Å²) in [5, 5.41) is 9.52. The molecule has 5 nitrogen and oxygen atoms in total. The van der Waals surface area contributed by atoms with Crippen molar-refractivity contribution in [2.24, 2.45) is 0 Å². The fourth-order valence-corrected chi connectivity index (χ4v) is 1.99. The Morgan fingerprint density at radius 3 is 2.72 bits per heavy atom. The summed E-state index contributed by atoms with van der Waals surface area (Å²) >= 11 is 0. The van der Waals surface area contributed by atoms with E-state index in [0.717, 1.165) is 30.9 Å². The summed E-state index contributed by atoms with van der Waals surface area (Å²) in [6, 6.07) is 8.22. The van der Waals surface area contributed by atoms with Gasteiger partial charge in [-0.25, -0.2) is 0 Å². The normalized spacial score (nSPS) is 18.6. The number of carbonyl (C=O) groups excluding carboxylic acids is 1. The number of ether oxygens (including phenoxy) is 1. The molecule has 0 aliphatic carbocycles. The Balaban J connectivity index is 1.86. The van der Waals surface area contributed by atoms with Gasteiger partial charge in [0, 0.05) is 31.1 Å². The third-order valence-electron chi connectivity index (χ3n) is 2.88. The summed E-state index contributed by atoms with van der Waals surface area (Å²) in [6.45, 7) is 2.16. The number of amides is 1. The lowest BCUT2D eigenvalue weighted by Crippen LogP contribution is -2.22. The van der Waals surface area contributed by atoms with Crippen molar-refractivity contribution in [2.75, 3.05) is 37.4 Å². The predicted octanol–water partition coefficient (Wildman–Crippen LogP) is 1.05. The Hall–Kier alpha value is -1.59. The summed E-state index contributed by atoms with van der Waals surface area (Å²) in [4.78, 5) is 11.3. The first kappa shape index (κ1) is 12.9. The molecule has 0 saturated carbocycles. The van der Waals surface area contributed by atoms with Gasteiger partial charge in [0.25, 0.3) is 0 Å². The Bertz CT molecular complexity index is 386. The quantitative estimate of drug-likeness (QED) is 0.730. The second kappa shape index (κ2) is 6.37. The minimum absolute atomic E-state index is 0.0771. The van der Waals surface area contributed by atoms with Crippen LogP contribution in [0.4, 0.5) is 11.4 Å². The number of nitrogens with one attached hydrogen (secondary N) is 3. The van der Waals surface area contributed by atoms with Gasteiger partial charge < -0.3 is 20.7 Å². The summed E-state index contributed by atoms with van der Waals surface area (Å²) in [5.74, 6) is -0.141. The SMILES string of the molecule is COCC(=O)Nc1ccc(NC2CCNC2)cc1. The molecule has 3 N–H and O–H groups in total. The van der Waals surface area contributed by atoms with E-state index in [1.807, 2.05) is 24.3 Å². The zero-order valence-corrected chi connectivity index (χ0v) is 10.5. The van der Waals surface area contributed by atoms with Crippen LogP contribution in [0.2, 0.25) is 0 Å². The first-order chi connectivity index (χ1) is 8.78. The van der Waals surface area contributed by atoms with Gasteiger partial charge in [0.2, 0.25) is 5.91 Å². The molecule has 1 amide bonds. The first-order valence-corrected chi connectivity index (χ1v) is 6.14. The molecule has 1 atom stereocenters. The number of benzene rings is 1. The van der Waals surface area contributed by atoms with Gasteiger partial charge in [-0.3, -0.25) is 4.79 Å². The molecule has 1 heterocycles. The van der Waals surface area contributed by atoms with E-state index in [1.54, 1.807) is 0 Å². The fraction of sp³-hybridized carbons (Fsp3) is 0.462. The van der Waals surface area contributed by atoms with E-state index in [-0.39, 0.29) is 12.5 Å². The number of hydrogen-bond acceptors (Lipinski definition) is 4. The molecule has 0 radical (unpaired) electrons. The Morgan fingerprint density at radius 1 is 1.39 bits per heavy atom. The molecule has 1 saturated heterocycles. The Labute approximate surface area is 107 Å². The zero-order chi connectivity index (χ0) is 12.8. The van der Waals surface area contributed by atoms with Crippen LogP contribution < -0.4 is 16.0 Å². The summed E-state index contributed by atoms with van der Waals surface area (Å²) in [5.41, 5.74) is 1.86. The molecule has 0 aromatic heterocycles. The van der Waals surface area contributed by atoms with E-state index in [4.69, 9.17) is 4.74 Å². The molecule has 98 valence electrons. The largest absolute Gasteiger partial charge is 0.381 e. The van der Waals surface area contributed by atoms with Gasteiger partial charge in [-0.05, 0) is 37.2 Å². The van der Waals surface area contributed by atoms with E-state index >= 15 is 0 Å². The molecule has 1 fully saturated rings. The van der Waals surface area contributed by atoms with Gasteiger partial charge >= 0.3 is 0 Å². The summed E-state index contributed by atoms with van der Waals surface area (Å²) in [7, 11) is 1.50. The van der Waals surface area contributed by atoms with E-state index in [1.165, 1.54) is 7.11 Å². The zero-order valence-electron chi connectivity index (χ0n) is 10.5. The van der Waals surface area contributed by atoms with Crippen molar-refractivity contribution in [3.8, 4) is 0 Å². The van der Waals surface area contributed by atoms with Gasteiger partial charge in [0.1, 0.15) is 6.61 Å². The Morgan fingerprint density at radius 2 is 2.11 bits per heavy atom. The summed E-state index contributed by atoms with van der Waals surface area (Å²) in [6.07, 6.45) is 1.15. The molecule has 1 unspecified atom stereocenters. The molecule has 1 aromatic carbocycles. The molecule has 2 rings (SSSR count). The van der Waals surface area contributed by atoms with E-state index in [9.17, 15) is 4.79 Å². The molecular weight excluding hydrogens is 230 g/mol. The molecule has 1 aliphatic rings. The topological polar surface area (TPSA) is 62.4 Å². The molecule has 18 heavy (non-hydrogen) atoms. The van der Waals surface area contributed by atoms with Crippen LogP contribution in [0.3, 0.4) is 0 Å². The number of anilines is 2. The van der Waals surface area contributed by atoms with Gasteiger partial charge in [-0.15, -0.1) is 0 Å². The highest BCUT2D eigenvalue weighted by Gasteiger charge is 2.13. The van der Waals surface area contributed by atoms with Crippen molar-refractivity contribution in [3.05, 3.63) is 24.3 Å². The van der Waals surface area contributed by atoms with Crippen molar-refractivity contribution in [3.63, 3.8) is 0 Å². The smallest absolute Gasteiger partial charge is 0.250 e. The Kier molecular flexibility index (Phi) is 4.55. The van der Waals surface area contributed by atoms with Crippen LogP contribution in [0.15, 0.2) is 24.3 Å².